The van der Waals surface area contributed by atoms with Crippen molar-refractivity contribution in [2.45, 2.75) is 81.0 Å². The molecule has 8 heteroatoms. The Morgan fingerprint density at radius 2 is 1.70 bits per heavy atom. The first-order valence-corrected chi connectivity index (χ1v) is 15.7. The van der Waals surface area contributed by atoms with Gasteiger partial charge in [-0.25, -0.2) is 0 Å². The number of hydrogen-bond donors (Lipinski definition) is 1. The Kier molecular flexibility index (Phi) is 8.22. The molecule has 4 aliphatic heterocycles. The zero-order chi connectivity index (χ0) is 28.7. The van der Waals surface area contributed by atoms with Crippen molar-refractivity contribution < 1.29 is 19.5 Å². The lowest BCUT2D eigenvalue weighted by molar-refractivity contribution is -0.148. The van der Waals surface area contributed by atoms with Gasteiger partial charge >= 0.3 is 0 Å². The molecule has 0 radical (unpaired) electrons. The monoisotopic (exact) mass is 565 g/mol. The summed E-state index contributed by atoms with van der Waals surface area (Å²) in [6.07, 6.45) is 11.4. The van der Waals surface area contributed by atoms with E-state index in [9.17, 15) is 19.5 Å². The molecule has 2 unspecified atom stereocenters. The Labute approximate surface area is 242 Å². The van der Waals surface area contributed by atoms with Crippen molar-refractivity contribution in [3.8, 4) is 0 Å². The van der Waals surface area contributed by atoms with Gasteiger partial charge in [0, 0.05) is 30.4 Å². The van der Waals surface area contributed by atoms with Crippen LogP contribution in [0.5, 0.6) is 0 Å². The summed E-state index contributed by atoms with van der Waals surface area (Å²) in [6, 6.07) is 8.45. The lowest BCUT2D eigenvalue weighted by atomic mass is 9.74. The molecule has 1 aromatic rings. The van der Waals surface area contributed by atoms with E-state index in [0.29, 0.717) is 26.1 Å². The van der Waals surface area contributed by atoms with Crippen molar-refractivity contribution >= 4 is 29.5 Å². The first-order valence-electron chi connectivity index (χ1n) is 14.8. The molecule has 7 nitrogen and oxygen atoms in total. The van der Waals surface area contributed by atoms with Crippen LogP contribution in [0, 0.1) is 11.8 Å². The van der Waals surface area contributed by atoms with E-state index in [1.807, 2.05) is 46.2 Å². The van der Waals surface area contributed by atoms with E-state index in [-0.39, 0.29) is 30.4 Å². The van der Waals surface area contributed by atoms with Crippen molar-refractivity contribution in [3.05, 3.63) is 60.2 Å². The van der Waals surface area contributed by atoms with Crippen LogP contribution in [0.3, 0.4) is 0 Å². The molecular weight excluding hydrogens is 522 g/mol. The average Bonchev–Trinajstić information content (AvgIpc) is 3.21. The van der Waals surface area contributed by atoms with Gasteiger partial charge in [-0.2, -0.15) is 0 Å². The molecule has 2 saturated heterocycles. The minimum absolute atomic E-state index is 0.0115. The molecule has 0 aliphatic carbocycles. The molecule has 40 heavy (non-hydrogen) atoms. The van der Waals surface area contributed by atoms with Gasteiger partial charge in [-0.15, -0.1) is 11.8 Å². The Morgan fingerprint density at radius 3 is 2.38 bits per heavy atom. The van der Waals surface area contributed by atoms with Gasteiger partial charge < -0.3 is 19.8 Å². The van der Waals surface area contributed by atoms with Gasteiger partial charge in [0.1, 0.15) is 6.04 Å². The average molecular weight is 566 g/mol. The fourth-order valence-electron chi connectivity index (χ4n) is 7.50. The highest BCUT2D eigenvalue weighted by Crippen LogP contribution is 2.66. The number of aliphatic hydroxyl groups is 1. The third-order valence-electron chi connectivity index (χ3n) is 9.26. The number of carbonyl (C=O) groups excluding carboxylic acids is 3. The van der Waals surface area contributed by atoms with Crippen molar-refractivity contribution in [2.75, 3.05) is 26.2 Å². The number of fused-ring (bicyclic) bond motifs is 2. The predicted molar refractivity (Wildman–Crippen MR) is 159 cm³/mol. The number of nitrogens with zero attached hydrogens (tertiary/aromatic N) is 3. The third-order valence-corrected chi connectivity index (χ3v) is 11.1. The van der Waals surface area contributed by atoms with Gasteiger partial charge in [0.2, 0.25) is 17.7 Å². The summed E-state index contributed by atoms with van der Waals surface area (Å²) in [5.41, 5.74) is 0.994. The van der Waals surface area contributed by atoms with Gasteiger partial charge in [0.05, 0.1) is 29.2 Å². The smallest absolute Gasteiger partial charge is 0.247 e. The van der Waals surface area contributed by atoms with Crippen LogP contribution < -0.4 is 0 Å². The van der Waals surface area contributed by atoms with Gasteiger partial charge in [-0.3, -0.25) is 14.4 Å². The van der Waals surface area contributed by atoms with Gasteiger partial charge in [0.15, 0.2) is 0 Å². The highest BCUT2D eigenvalue weighted by atomic mass is 32.2. The van der Waals surface area contributed by atoms with Crippen LogP contribution in [-0.2, 0) is 20.8 Å². The summed E-state index contributed by atoms with van der Waals surface area (Å²) < 4.78 is -1.51. The zero-order valence-electron chi connectivity index (χ0n) is 24.2. The molecule has 5 rings (SSSR count). The van der Waals surface area contributed by atoms with Crippen LogP contribution in [0.2, 0.25) is 0 Å². The maximum absolute atomic E-state index is 14.7. The molecule has 0 aromatic heterocycles. The molecule has 1 aromatic carbocycles. The van der Waals surface area contributed by atoms with Gasteiger partial charge in [0.25, 0.3) is 0 Å². The van der Waals surface area contributed by atoms with Crippen molar-refractivity contribution in [2.24, 2.45) is 11.8 Å². The van der Waals surface area contributed by atoms with E-state index in [0.717, 1.165) is 24.8 Å². The second kappa shape index (κ2) is 11.4. The number of hydrogen-bond acceptors (Lipinski definition) is 5. The molecule has 0 saturated carbocycles. The topological polar surface area (TPSA) is 81.2 Å². The minimum Gasteiger partial charge on any atom is -0.394 e. The minimum atomic E-state index is -0.895. The van der Waals surface area contributed by atoms with Crippen LogP contribution in [0.25, 0.3) is 0 Å². The molecule has 216 valence electrons. The van der Waals surface area contributed by atoms with E-state index in [1.54, 1.807) is 16.7 Å². The normalized spacial score (nSPS) is 33.0. The van der Waals surface area contributed by atoms with Crippen LogP contribution in [0.4, 0.5) is 0 Å². The fraction of sp³-hybridized carbons (Fsp3) is 0.594. The maximum atomic E-state index is 14.7. The molecule has 1 N–H and O–H groups in total. The summed E-state index contributed by atoms with van der Waals surface area (Å²) in [7, 11) is 0. The highest BCUT2D eigenvalue weighted by molar-refractivity contribution is 8.02. The number of benzene rings is 1. The summed E-state index contributed by atoms with van der Waals surface area (Å²) in [5.74, 6) is -1.56. The lowest BCUT2D eigenvalue weighted by Crippen LogP contribution is -2.58. The highest BCUT2D eigenvalue weighted by Gasteiger charge is 2.74. The molecule has 2 fully saturated rings. The Hall–Kier alpha value is -2.58. The van der Waals surface area contributed by atoms with Crippen LogP contribution in [-0.4, -0.2) is 91.4 Å². The second-order valence-corrected chi connectivity index (χ2v) is 13.8. The quantitative estimate of drug-likeness (QED) is 0.462. The number of aliphatic hydroxyl groups excluding tert-OH is 1. The van der Waals surface area contributed by atoms with E-state index in [1.165, 1.54) is 0 Å². The Morgan fingerprint density at radius 1 is 0.975 bits per heavy atom. The molecule has 7 atom stereocenters. The van der Waals surface area contributed by atoms with E-state index in [4.69, 9.17) is 0 Å². The third kappa shape index (κ3) is 4.61. The summed E-state index contributed by atoms with van der Waals surface area (Å²) in [4.78, 5) is 49.0. The SMILES string of the molecule is CCCC(C)N1CC=C[C@]23S[C@]4(C)C=CCN(CCC)C(=O)[C@@H]4[C@H]2C(=O)N([C@@H](CO)Cc2ccccc2)C3C1=O. The summed E-state index contributed by atoms with van der Waals surface area (Å²) in [5, 5.41) is 10.7. The largest absolute Gasteiger partial charge is 0.394 e. The summed E-state index contributed by atoms with van der Waals surface area (Å²) >= 11 is 1.61. The molecule has 3 amide bonds. The number of rotatable bonds is 9. The van der Waals surface area contributed by atoms with Crippen LogP contribution in [0.15, 0.2) is 54.6 Å². The first-order chi connectivity index (χ1) is 19.2. The Balaban J connectivity index is 1.64. The predicted octanol–water partition coefficient (Wildman–Crippen LogP) is 3.67. The van der Waals surface area contributed by atoms with E-state index in [2.05, 4.69) is 45.9 Å². The Bertz CT molecular complexity index is 1190. The number of carbonyl (C=O) groups is 3. The fourth-order valence-corrected chi connectivity index (χ4v) is 9.64. The van der Waals surface area contributed by atoms with E-state index < -0.39 is 33.4 Å². The first kappa shape index (κ1) is 28.9. The standard InChI is InChI=1S/C32H43N3O4S/c1-5-12-22(3)34-19-11-16-32-26(25-28(37)33(17-6-2)18-10-15-31(25,4)40-32)29(38)35(27(32)30(34)39)24(21-36)20-23-13-8-7-9-14-23/h7-11,13-16,22,24-27,36H,5-6,12,17-21H2,1-4H3/t22?,24-,25+,26+,27?,31-,32+/m1/s1. The molecular formula is C32H43N3O4S. The number of amides is 3. The van der Waals surface area contributed by atoms with Crippen LogP contribution in [0.1, 0.15) is 52.5 Å². The number of likely N-dealkylation sites (tertiary alicyclic amines) is 1. The maximum Gasteiger partial charge on any atom is 0.247 e. The van der Waals surface area contributed by atoms with Crippen molar-refractivity contribution in [1.29, 1.82) is 0 Å². The molecule has 4 heterocycles. The molecule has 1 spiro atoms. The van der Waals surface area contributed by atoms with Gasteiger partial charge in [-0.05, 0) is 38.7 Å². The van der Waals surface area contributed by atoms with Crippen molar-refractivity contribution in [3.63, 3.8) is 0 Å². The molecule has 4 aliphatic rings. The molecule has 0 bridgehead atoms. The van der Waals surface area contributed by atoms with Gasteiger partial charge in [-0.1, -0.05) is 74.9 Å². The van der Waals surface area contributed by atoms with Crippen LogP contribution >= 0.6 is 11.8 Å². The second-order valence-electron chi connectivity index (χ2n) is 12.0. The zero-order valence-corrected chi connectivity index (χ0v) is 25.0. The van der Waals surface area contributed by atoms with Crippen molar-refractivity contribution in [1.82, 2.24) is 14.7 Å². The lowest BCUT2D eigenvalue weighted by Gasteiger charge is -2.41. The van der Waals surface area contributed by atoms with E-state index >= 15 is 0 Å². The summed E-state index contributed by atoms with van der Waals surface area (Å²) in [6.45, 7) is 9.67. The number of thioether (sulfide) groups is 1.